The van der Waals surface area contributed by atoms with Gasteiger partial charge in [-0.25, -0.2) is 13.4 Å². The van der Waals surface area contributed by atoms with E-state index in [1.807, 2.05) is 37.3 Å². The van der Waals surface area contributed by atoms with Gasteiger partial charge in [0.25, 0.3) is 10.0 Å². The van der Waals surface area contributed by atoms with Crippen LogP contribution in [0.15, 0.2) is 82.1 Å². The second kappa shape index (κ2) is 6.31. The lowest BCUT2D eigenvalue weighted by Gasteiger charge is -2.08. The van der Waals surface area contributed by atoms with Gasteiger partial charge in [0.15, 0.2) is 5.58 Å². The first-order valence-corrected chi connectivity index (χ1v) is 9.55. The monoisotopic (exact) mass is 364 g/mol. The minimum atomic E-state index is -3.65. The number of fused-ring (bicyclic) bond motifs is 1. The average molecular weight is 364 g/mol. The molecule has 1 N–H and O–H groups in total. The molecule has 0 aliphatic carbocycles. The van der Waals surface area contributed by atoms with Crippen LogP contribution >= 0.6 is 0 Å². The smallest absolute Gasteiger partial charge is 0.261 e. The zero-order chi connectivity index (χ0) is 18.1. The quantitative estimate of drug-likeness (QED) is 0.574. The fourth-order valence-electron chi connectivity index (χ4n) is 2.63. The highest BCUT2D eigenvalue weighted by Crippen LogP contribution is 2.27. The molecule has 130 valence electrons. The Balaban J connectivity index is 1.66. The van der Waals surface area contributed by atoms with Gasteiger partial charge in [-0.1, -0.05) is 35.9 Å². The zero-order valence-electron chi connectivity index (χ0n) is 14.0. The van der Waals surface area contributed by atoms with Gasteiger partial charge >= 0.3 is 0 Å². The molecule has 0 bridgehead atoms. The largest absolute Gasteiger partial charge is 0.436 e. The molecular formula is C20H16N2O3S. The Labute approximate surface area is 151 Å². The van der Waals surface area contributed by atoms with Crippen LogP contribution in [-0.2, 0) is 10.0 Å². The van der Waals surface area contributed by atoms with Crippen LogP contribution in [0.5, 0.6) is 0 Å². The normalized spacial score (nSPS) is 11.6. The first-order chi connectivity index (χ1) is 12.5. The number of nitrogens with zero attached hydrogens (tertiary/aromatic N) is 1. The molecule has 0 radical (unpaired) electrons. The third kappa shape index (κ3) is 3.19. The Kier molecular flexibility index (Phi) is 3.97. The van der Waals surface area contributed by atoms with Crippen LogP contribution in [-0.4, -0.2) is 13.4 Å². The SMILES string of the molecule is Cc1ccc(S(=O)(=O)Nc2ccc3oc(-c4ccccc4)nc3c2)cc1. The molecule has 6 heteroatoms. The first-order valence-electron chi connectivity index (χ1n) is 8.07. The summed E-state index contributed by atoms with van der Waals surface area (Å²) in [5.74, 6) is 0.499. The average Bonchev–Trinajstić information content (AvgIpc) is 3.06. The van der Waals surface area contributed by atoms with Gasteiger partial charge in [0, 0.05) is 5.56 Å². The number of hydrogen-bond donors (Lipinski definition) is 1. The molecule has 0 unspecified atom stereocenters. The van der Waals surface area contributed by atoms with Crippen molar-refractivity contribution in [2.75, 3.05) is 4.72 Å². The Bertz CT molecular complexity index is 1160. The number of benzene rings is 3. The van der Waals surface area contributed by atoms with Gasteiger partial charge in [-0.15, -0.1) is 0 Å². The van der Waals surface area contributed by atoms with E-state index >= 15 is 0 Å². The highest BCUT2D eigenvalue weighted by Gasteiger charge is 2.15. The van der Waals surface area contributed by atoms with Crippen LogP contribution in [0.4, 0.5) is 5.69 Å². The van der Waals surface area contributed by atoms with Crippen molar-refractivity contribution < 1.29 is 12.8 Å². The summed E-state index contributed by atoms with van der Waals surface area (Å²) >= 11 is 0. The third-order valence-electron chi connectivity index (χ3n) is 3.99. The van der Waals surface area contributed by atoms with E-state index in [-0.39, 0.29) is 4.90 Å². The molecule has 0 spiro atoms. The second-order valence-corrected chi connectivity index (χ2v) is 7.67. The number of hydrogen-bond acceptors (Lipinski definition) is 4. The fourth-order valence-corrected chi connectivity index (χ4v) is 3.68. The maximum Gasteiger partial charge on any atom is 0.261 e. The molecule has 26 heavy (non-hydrogen) atoms. The first kappa shape index (κ1) is 16.4. The summed E-state index contributed by atoms with van der Waals surface area (Å²) in [5, 5.41) is 0. The molecule has 0 saturated carbocycles. The van der Waals surface area contributed by atoms with Crippen LogP contribution in [0.25, 0.3) is 22.6 Å². The highest BCUT2D eigenvalue weighted by molar-refractivity contribution is 7.92. The van der Waals surface area contributed by atoms with E-state index in [0.29, 0.717) is 22.7 Å². The van der Waals surface area contributed by atoms with Crippen LogP contribution in [0, 0.1) is 6.92 Å². The Morgan fingerprint density at radius 2 is 1.65 bits per heavy atom. The van der Waals surface area contributed by atoms with E-state index < -0.39 is 10.0 Å². The van der Waals surface area contributed by atoms with Crippen LogP contribution < -0.4 is 4.72 Å². The number of rotatable bonds is 4. The molecule has 0 atom stereocenters. The Morgan fingerprint density at radius 3 is 2.38 bits per heavy atom. The number of oxazole rings is 1. The molecule has 3 aromatic carbocycles. The molecule has 5 nitrogen and oxygen atoms in total. The lowest BCUT2D eigenvalue weighted by atomic mass is 10.2. The van der Waals surface area contributed by atoms with E-state index in [9.17, 15) is 8.42 Å². The molecule has 1 aromatic heterocycles. The van der Waals surface area contributed by atoms with Crippen molar-refractivity contribution in [3.8, 4) is 11.5 Å². The van der Waals surface area contributed by atoms with Crippen molar-refractivity contribution in [3.63, 3.8) is 0 Å². The predicted molar refractivity (Wildman–Crippen MR) is 101 cm³/mol. The Hall–Kier alpha value is -3.12. The second-order valence-electron chi connectivity index (χ2n) is 5.99. The van der Waals surface area contributed by atoms with Gasteiger partial charge in [-0.3, -0.25) is 4.72 Å². The highest BCUT2D eigenvalue weighted by atomic mass is 32.2. The molecule has 4 aromatic rings. The predicted octanol–water partition coefficient (Wildman–Crippen LogP) is 4.60. The summed E-state index contributed by atoms with van der Waals surface area (Å²) in [7, 11) is -3.65. The summed E-state index contributed by atoms with van der Waals surface area (Å²) in [6.45, 7) is 1.91. The summed E-state index contributed by atoms with van der Waals surface area (Å²) in [6, 6.07) is 21.3. The molecule has 0 amide bonds. The maximum atomic E-state index is 12.5. The van der Waals surface area contributed by atoms with E-state index in [1.165, 1.54) is 0 Å². The van der Waals surface area contributed by atoms with E-state index in [2.05, 4.69) is 9.71 Å². The Morgan fingerprint density at radius 1 is 0.923 bits per heavy atom. The number of aromatic nitrogens is 1. The van der Waals surface area contributed by atoms with E-state index in [4.69, 9.17) is 4.42 Å². The summed E-state index contributed by atoms with van der Waals surface area (Å²) < 4.78 is 33.4. The van der Waals surface area contributed by atoms with Gasteiger partial charge in [0.05, 0.1) is 10.6 Å². The topological polar surface area (TPSA) is 72.2 Å². The minimum Gasteiger partial charge on any atom is -0.436 e. The number of anilines is 1. The summed E-state index contributed by atoms with van der Waals surface area (Å²) in [4.78, 5) is 4.67. The maximum absolute atomic E-state index is 12.5. The minimum absolute atomic E-state index is 0.216. The number of aryl methyl sites for hydroxylation is 1. The molecule has 0 aliphatic rings. The molecular weight excluding hydrogens is 348 g/mol. The van der Waals surface area contributed by atoms with Crippen molar-refractivity contribution in [1.82, 2.24) is 4.98 Å². The molecule has 4 rings (SSSR count). The van der Waals surface area contributed by atoms with Gasteiger partial charge < -0.3 is 4.42 Å². The van der Waals surface area contributed by atoms with Gasteiger partial charge in [-0.05, 0) is 49.4 Å². The van der Waals surface area contributed by atoms with Crippen LogP contribution in [0.1, 0.15) is 5.56 Å². The van der Waals surface area contributed by atoms with Crippen molar-refractivity contribution in [2.24, 2.45) is 0 Å². The summed E-state index contributed by atoms with van der Waals surface area (Å²) in [5.41, 5.74) is 3.49. The molecule has 0 saturated heterocycles. The van der Waals surface area contributed by atoms with E-state index in [1.54, 1.807) is 42.5 Å². The van der Waals surface area contributed by atoms with Crippen molar-refractivity contribution >= 4 is 26.8 Å². The molecule has 0 fully saturated rings. The lowest BCUT2D eigenvalue weighted by Crippen LogP contribution is -2.12. The summed E-state index contributed by atoms with van der Waals surface area (Å²) in [6.07, 6.45) is 0. The standard InChI is InChI=1S/C20H16N2O3S/c1-14-7-10-17(11-8-14)26(23,24)22-16-9-12-19-18(13-16)21-20(25-19)15-5-3-2-4-6-15/h2-13,22H,1H3. The van der Waals surface area contributed by atoms with E-state index in [0.717, 1.165) is 11.1 Å². The third-order valence-corrected chi connectivity index (χ3v) is 5.39. The van der Waals surface area contributed by atoms with Crippen molar-refractivity contribution in [2.45, 2.75) is 11.8 Å². The van der Waals surface area contributed by atoms with Crippen molar-refractivity contribution in [1.29, 1.82) is 0 Å². The fraction of sp³-hybridized carbons (Fsp3) is 0.0500. The van der Waals surface area contributed by atoms with Crippen molar-refractivity contribution in [3.05, 3.63) is 78.4 Å². The van der Waals surface area contributed by atoms with Crippen LogP contribution in [0.2, 0.25) is 0 Å². The van der Waals surface area contributed by atoms with Gasteiger partial charge in [0.1, 0.15) is 5.52 Å². The van der Waals surface area contributed by atoms with Crippen LogP contribution in [0.3, 0.4) is 0 Å². The van der Waals surface area contributed by atoms with Gasteiger partial charge in [0.2, 0.25) is 5.89 Å². The zero-order valence-corrected chi connectivity index (χ0v) is 14.8. The molecule has 0 aliphatic heterocycles. The lowest BCUT2D eigenvalue weighted by molar-refractivity contribution is 0.601. The van der Waals surface area contributed by atoms with Gasteiger partial charge in [-0.2, -0.15) is 0 Å². The number of sulfonamides is 1. The number of nitrogens with one attached hydrogen (secondary N) is 1. The molecule has 1 heterocycles.